The smallest absolute Gasteiger partial charge is 0.326 e. The predicted molar refractivity (Wildman–Crippen MR) is 110 cm³/mol. The Balaban J connectivity index is 1.52. The lowest BCUT2D eigenvalue weighted by atomic mass is 10.2. The van der Waals surface area contributed by atoms with E-state index < -0.39 is 23.9 Å². The van der Waals surface area contributed by atoms with E-state index in [1.807, 2.05) is 30.3 Å². The molecule has 2 N–H and O–H groups in total. The highest BCUT2D eigenvalue weighted by Gasteiger charge is 2.20. The van der Waals surface area contributed by atoms with E-state index in [-0.39, 0.29) is 6.54 Å². The van der Waals surface area contributed by atoms with Gasteiger partial charge in [-0.15, -0.1) is 11.3 Å². The van der Waals surface area contributed by atoms with Crippen LogP contribution in [0.1, 0.15) is 16.6 Å². The largest absolute Gasteiger partial charge is 0.451 e. The first-order chi connectivity index (χ1) is 13.5. The van der Waals surface area contributed by atoms with Gasteiger partial charge in [0, 0.05) is 15.8 Å². The minimum Gasteiger partial charge on any atom is -0.451 e. The number of carbonyl (C=O) groups excluding carboxylic acids is 3. The SMILES string of the molecule is CC(OC(=O)CNC(=O)c1sc2ccccc2c1Cl)C(=O)Nc1ccccc1. The number of hydrogen-bond donors (Lipinski definition) is 2. The molecule has 0 bridgehead atoms. The first kappa shape index (κ1) is 19.9. The Bertz CT molecular complexity index is 1020. The highest BCUT2D eigenvalue weighted by Crippen LogP contribution is 2.34. The third-order valence-corrected chi connectivity index (χ3v) is 5.53. The second-order valence-electron chi connectivity index (χ2n) is 5.91. The normalized spacial score (nSPS) is 11.6. The molecule has 0 spiro atoms. The van der Waals surface area contributed by atoms with Crippen LogP contribution in [0.5, 0.6) is 0 Å². The zero-order chi connectivity index (χ0) is 20.1. The average Bonchev–Trinajstić information content (AvgIpc) is 3.04. The lowest BCUT2D eigenvalue weighted by Crippen LogP contribution is -2.35. The maximum absolute atomic E-state index is 12.3. The van der Waals surface area contributed by atoms with Crippen LogP contribution in [0.15, 0.2) is 54.6 Å². The standard InChI is InChI=1S/C20H17ClN2O4S/c1-12(19(25)23-13-7-3-2-4-8-13)27-16(24)11-22-20(26)18-17(21)14-9-5-6-10-15(14)28-18/h2-10,12H,11H2,1H3,(H,22,26)(H,23,25). The van der Waals surface area contributed by atoms with E-state index in [0.717, 1.165) is 10.1 Å². The number of rotatable bonds is 6. The fourth-order valence-corrected chi connectivity index (χ4v) is 3.88. The van der Waals surface area contributed by atoms with Crippen LogP contribution in [-0.2, 0) is 14.3 Å². The maximum Gasteiger partial charge on any atom is 0.326 e. The van der Waals surface area contributed by atoms with Gasteiger partial charge < -0.3 is 15.4 Å². The summed E-state index contributed by atoms with van der Waals surface area (Å²) in [6.45, 7) is 1.09. The van der Waals surface area contributed by atoms with Gasteiger partial charge in [0.25, 0.3) is 11.8 Å². The van der Waals surface area contributed by atoms with Gasteiger partial charge in [0.1, 0.15) is 11.4 Å². The Morgan fingerprint density at radius 2 is 1.75 bits per heavy atom. The van der Waals surface area contributed by atoms with Gasteiger partial charge in [-0.3, -0.25) is 14.4 Å². The van der Waals surface area contributed by atoms with Gasteiger partial charge in [0.05, 0.1) is 5.02 Å². The Labute approximate surface area is 170 Å². The van der Waals surface area contributed by atoms with E-state index in [1.54, 1.807) is 24.3 Å². The van der Waals surface area contributed by atoms with Crippen molar-refractivity contribution in [3.63, 3.8) is 0 Å². The van der Waals surface area contributed by atoms with Crippen LogP contribution >= 0.6 is 22.9 Å². The summed E-state index contributed by atoms with van der Waals surface area (Å²) in [5, 5.41) is 6.25. The molecule has 0 radical (unpaired) electrons. The molecular formula is C20H17ClN2O4S. The number of nitrogens with one attached hydrogen (secondary N) is 2. The number of carbonyl (C=O) groups is 3. The molecule has 6 nitrogen and oxygen atoms in total. The van der Waals surface area contributed by atoms with Gasteiger partial charge in [0.2, 0.25) is 0 Å². The van der Waals surface area contributed by atoms with Crippen LogP contribution in [0.25, 0.3) is 10.1 Å². The topological polar surface area (TPSA) is 84.5 Å². The summed E-state index contributed by atoms with van der Waals surface area (Å²) in [4.78, 5) is 36.7. The summed E-state index contributed by atoms with van der Waals surface area (Å²) < 4.78 is 5.95. The third-order valence-electron chi connectivity index (χ3n) is 3.85. The fourth-order valence-electron chi connectivity index (χ4n) is 2.45. The lowest BCUT2D eigenvalue weighted by Gasteiger charge is -2.13. The van der Waals surface area contributed by atoms with E-state index >= 15 is 0 Å². The lowest BCUT2D eigenvalue weighted by molar-refractivity contribution is -0.152. The summed E-state index contributed by atoms with van der Waals surface area (Å²) in [5.41, 5.74) is 0.600. The van der Waals surface area contributed by atoms with Crippen LogP contribution < -0.4 is 10.6 Å². The van der Waals surface area contributed by atoms with Gasteiger partial charge in [-0.05, 0) is 25.1 Å². The van der Waals surface area contributed by atoms with E-state index in [2.05, 4.69) is 10.6 Å². The molecule has 2 amide bonds. The van der Waals surface area contributed by atoms with Crippen LogP contribution in [0.2, 0.25) is 5.02 Å². The average molecular weight is 417 g/mol. The summed E-state index contributed by atoms with van der Waals surface area (Å²) in [6, 6.07) is 16.2. The molecule has 3 rings (SSSR count). The predicted octanol–water partition coefficient (Wildman–Crippen LogP) is 3.85. The van der Waals surface area contributed by atoms with Gasteiger partial charge in [0.15, 0.2) is 6.10 Å². The second-order valence-corrected chi connectivity index (χ2v) is 7.34. The fraction of sp³-hybridized carbons (Fsp3) is 0.150. The van der Waals surface area contributed by atoms with Crippen molar-refractivity contribution in [1.82, 2.24) is 5.32 Å². The van der Waals surface area contributed by atoms with Crippen molar-refractivity contribution in [1.29, 1.82) is 0 Å². The second kappa shape index (κ2) is 8.86. The van der Waals surface area contributed by atoms with Crippen molar-refractivity contribution < 1.29 is 19.1 Å². The molecule has 28 heavy (non-hydrogen) atoms. The molecule has 2 aromatic carbocycles. The Kier molecular flexibility index (Phi) is 6.28. The quantitative estimate of drug-likeness (QED) is 0.597. The molecule has 1 atom stereocenters. The number of fused-ring (bicyclic) bond motifs is 1. The number of para-hydroxylation sites is 1. The van der Waals surface area contributed by atoms with Crippen molar-refractivity contribution in [3.05, 3.63) is 64.5 Å². The number of anilines is 1. The summed E-state index contributed by atoms with van der Waals surface area (Å²) >= 11 is 7.49. The minimum absolute atomic E-state index is 0.325. The van der Waals surface area contributed by atoms with E-state index in [9.17, 15) is 14.4 Å². The van der Waals surface area contributed by atoms with Crippen molar-refractivity contribution in [2.45, 2.75) is 13.0 Å². The highest BCUT2D eigenvalue weighted by atomic mass is 35.5. The van der Waals surface area contributed by atoms with Gasteiger partial charge in [-0.1, -0.05) is 48.0 Å². The molecular weight excluding hydrogens is 400 g/mol. The molecule has 8 heteroatoms. The number of halogens is 1. The van der Waals surface area contributed by atoms with E-state index in [4.69, 9.17) is 16.3 Å². The molecule has 0 aliphatic heterocycles. The zero-order valence-corrected chi connectivity index (χ0v) is 16.5. The summed E-state index contributed by atoms with van der Waals surface area (Å²) in [6.07, 6.45) is -1.00. The molecule has 1 unspecified atom stereocenters. The molecule has 0 aliphatic carbocycles. The molecule has 3 aromatic rings. The van der Waals surface area contributed by atoms with Crippen molar-refractivity contribution in [2.24, 2.45) is 0 Å². The van der Waals surface area contributed by atoms with Gasteiger partial charge >= 0.3 is 5.97 Å². The van der Waals surface area contributed by atoms with Crippen LogP contribution in [0.3, 0.4) is 0 Å². The number of hydrogen-bond acceptors (Lipinski definition) is 5. The number of benzene rings is 2. The highest BCUT2D eigenvalue weighted by molar-refractivity contribution is 7.21. The van der Waals surface area contributed by atoms with Gasteiger partial charge in [-0.25, -0.2) is 0 Å². The van der Waals surface area contributed by atoms with E-state index in [0.29, 0.717) is 15.6 Å². The van der Waals surface area contributed by atoms with E-state index in [1.165, 1.54) is 18.3 Å². The maximum atomic E-state index is 12.3. The molecule has 0 saturated heterocycles. The Morgan fingerprint density at radius 1 is 1.07 bits per heavy atom. The van der Waals surface area contributed by atoms with Crippen molar-refractivity contribution >= 4 is 56.5 Å². The summed E-state index contributed by atoms with van der Waals surface area (Å²) in [7, 11) is 0. The van der Waals surface area contributed by atoms with Crippen molar-refractivity contribution in [3.8, 4) is 0 Å². The Morgan fingerprint density at radius 3 is 2.46 bits per heavy atom. The first-order valence-corrected chi connectivity index (χ1v) is 9.66. The molecule has 1 aromatic heterocycles. The molecule has 0 saturated carbocycles. The molecule has 144 valence electrons. The third kappa shape index (κ3) is 4.68. The van der Waals surface area contributed by atoms with Crippen LogP contribution in [0, 0.1) is 0 Å². The van der Waals surface area contributed by atoms with Gasteiger partial charge in [-0.2, -0.15) is 0 Å². The molecule has 0 fully saturated rings. The first-order valence-electron chi connectivity index (χ1n) is 8.46. The van der Waals surface area contributed by atoms with Crippen LogP contribution in [0.4, 0.5) is 5.69 Å². The number of amides is 2. The number of esters is 1. The molecule has 0 aliphatic rings. The van der Waals surface area contributed by atoms with Crippen molar-refractivity contribution in [2.75, 3.05) is 11.9 Å². The Hall–Kier alpha value is -2.90. The monoisotopic (exact) mass is 416 g/mol. The summed E-state index contributed by atoms with van der Waals surface area (Å²) in [5.74, 6) is -1.65. The minimum atomic E-state index is -1.00. The van der Waals surface area contributed by atoms with Crippen LogP contribution in [-0.4, -0.2) is 30.4 Å². The zero-order valence-electron chi connectivity index (χ0n) is 14.9. The molecule has 1 heterocycles. The number of thiophene rings is 1. The number of ether oxygens (including phenoxy) is 1.